The van der Waals surface area contributed by atoms with Crippen molar-refractivity contribution >= 4 is 37.1 Å². The molecule has 11 heteroatoms. The quantitative estimate of drug-likeness (QED) is 0.140. The van der Waals surface area contributed by atoms with E-state index in [1.165, 1.54) is 11.8 Å². The van der Waals surface area contributed by atoms with E-state index < -0.39 is 19.5 Å². The average molecular weight is 515 g/mol. The summed E-state index contributed by atoms with van der Waals surface area (Å²) < 4.78 is 31.5. The summed E-state index contributed by atoms with van der Waals surface area (Å²) in [4.78, 5) is 16.6. The van der Waals surface area contributed by atoms with Crippen LogP contribution in [0.1, 0.15) is 11.3 Å². The lowest BCUT2D eigenvalue weighted by Crippen LogP contribution is -2.32. The molecule has 5 N–H and O–H groups in total. The average Bonchev–Trinajstić information content (AvgIpc) is 2.84. The Morgan fingerprint density at radius 1 is 0.943 bits per heavy atom. The van der Waals surface area contributed by atoms with Gasteiger partial charge in [-0.05, 0) is 48.2 Å². The highest BCUT2D eigenvalue weighted by Crippen LogP contribution is 2.59. The number of carbonyl (C=O) groups is 1. The Kier molecular flexibility index (Phi) is 9.46. The van der Waals surface area contributed by atoms with E-state index in [1.807, 2.05) is 6.26 Å². The lowest BCUT2D eigenvalue weighted by Gasteiger charge is -2.28. The van der Waals surface area contributed by atoms with Crippen molar-refractivity contribution < 1.29 is 23.1 Å². The van der Waals surface area contributed by atoms with Crippen molar-refractivity contribution in [2.24, 2.45) is 16.5 Å². The fourth-order valence-electron chi connectivity index (χ4n) is 2.98. The first-order chi connectivity index (χ1) is 16.9. The normalized spacial score (nSPS) is 11.7. The molecule has 1 atom stereocenters. The number of guanidine groups is 1. The smallest absolute Gasteiger partial charge is 0.449 e. The number of ether oxygens (including phenoxy) is 1. The van der Waals surface area contributed by atoms with Crippen LogP contribution in [-0.2, 0) is 9.30 Å². The number of nitrogens with zero attached hydrogens (tertiary/aromatic N) is 1. The predicted octanol–water partition coefficient (Wildman–Crippen LogP) is 5.03. The van der Waals surface area contributed by atoms with Gasteiger partial charge in [0.15, 0.2) is 11.7 Å². The van der Waals surface area contributed by atoms with Crippen LogP contribution in [0.5, 0.6) is 11.5 Å². The Bertz CT molecular complexity index is 1110. The molecule has 0 aliphatic heterocycles. The van der Waals surface area contributed by atoms with Gasteiger partial charge in [-0.25, -0.2) is 14.4 Å². The standard InChI is InChI=1S/C24H27N4O5PS/c1-35-17-16-31-24(29)28-22(18-12-14-19(15-13-18)27-23(25)26)34(30,32-20-8-4-2-5-9-20)33-21-10-6-3-7-11-21/h2-15,22H,16-17H2,1H3,(H,28,29)(H4,25,26,27). The van der Waals surface area contributed by atoms with E-state index in [4.69, 9.17) is 25.3 Å². The van der Waals surface area contributed by atoms with E-state index in [0.717, 1.165) is 0 Å². The third-order valence-corrected chi connectivity index (χ3v) is 7.08. The summed E-state index contributed by atoms with van der Waals surface area (Å²) in [6.07, 6.45) is 1.14. The minimum Gasteiger partial charge on any atom is -0.449 e. The van der Waals surface area contributed by atoms with Crippen molar-refractivity contribution in [2.45, 2.75) is 5.78 Å². The molecule has 35 heavy (non-hydrogen) atoms. The lowest BCUT2D eigenvalue weighted by molar-refractivity contribution is 0.150. The topological polar surface area (TPSA) is 138 Å². The predicted molar refractivity (Wildman–Crippen MR) is 139 cm³/mol. The van der Waals surface area contributed by atoms with Crippen molar-refractivity contribution in [3.05, 3.63) is 90.5 Å². The number of nitrogens with one attached hydrogen (secondary N) is 1. The van der Waals surface area contributed by atoms with Gasteiger partial charge in [0, 0.05) is 5.75 Å². The van der Waals surface area contributed by atoms with Crippen molar-refractivity contribution in [3.63, 3.8) is 0 Å². The zero-order valence-corrected chi connectivity index (χ0v) is 20.8. The number of alkyl carbamates (subject to hydrolysis) is 1. The molecule has 0 aromatic heterocycles. The third kappa shape index (κ3) is 7.98. The number of nitrogens with two attached hydrogens (primary N) is 2. The molecule has 1 amide bonds. The Morgan fingerprint density at radius 2 is 1.49 bits per heavy atom. The maximum Gasteiger partial charge on any atom is 0.457 e. The van der Waals surface area contributed by atoms with Crippen molar-refractivity contribution in [1.82, 2.24) is 5.32 Å². The van der Waals surface area contributed by atoms with Crippen LogP contribution in [0.15, 0.2) is 89.9 Å². The van der Waals surface area contributed by atoms with Crippen LogP contribution in [0.2, 0.25) is 0 Å². The molecule has 0 spiro atoms. The highest BCUT2D eigenvalue weighted by Gasteiger charge is 2.42. The van der Waals surface area contributed by atoms with E-state index in [-0.39, 0.29) is 12.6 Å². The van der Waals surface area contributed by atoms with Crippen molar-refractivity contribution in [3.8, 4) is 11.5 Å². The Morgan fingerprint density at radius 3 is 1.97 bits per heavy atom. The van der Waals surface area contributed by atoms with Gasteiger partial charge in [-0.15, -0.1) is 0 Å². The molecule has 3 rings (SSSR count). The van der Waals surface area contributed by atoms with Crippen LogP contribution >= 0.6 is 19.4 Å². The van der Waals surface area contributed by atoms with E-state index in [1.54, 1.807) is 84.9 Å². The van der Waals surface area contributed by atoms with E-state index in [0.29, 0.717) is 28.5 Å². The number of hydrogen-bond donors (Lipinski definition) is 3. The molecular weight excluding hydrogens is 487 g/mol. The molecule has 3 aromatic rings. The number of amides is 1. The molecule has 9 nitrogen and oxygen atoms in total. The van der Waals surface area contributed by atoms with Gasteiger partial charge in [-0.3, -0.25) is 0 Å². The molecule has 3 aromatic carbocycles. The van der Waals surface area contributed by atoms with Crippen LogP contribution in [0.4, 0.5) is 10.5 Å². The summed E-state index contributed by atoms with van der Waals surface area (Å²) in [7, 11) is -4.13. The second-order valence-corrected chi connectivity index (χ2v) is 10.1. The van der Waals surface area contributed by atoms with E-state index in [2.05, 4.69) is 10.3 Å². The zero-order chi connectivity index (χ0) is 25.1. The van der Waals surface area contributed by atoms with Crippen molar-refractivity contribution in [1.29, 1.82) is 0 Å². The summed E-state index contributed by atoms with van der Waals surface area (Å²) in [5.41, 5.74) is 11.8. The minimum absolute atomic E-state index is 0.102. The van der Waals surface area contributed by atoms with Gasteiger partial charge < -0.3 is 30.6 Å². The van der Waals surface area contributed by atoms with Crippen LogP contribution in [0.3, 0.4) is 0 Å². The molecular formula is C24H27N4O5PS. The molecule has 0 bridgehead atoms. The summed E-state index contributed by atoms with van der Waals surface area (Å²) >= 11 is 1.53. The van der Waals surface area contributed by atoms with Gasteiger partial charge in [0.05, 0.1) is 5.69 Å². The molecule has 0 radical (unpaired) electrons. The molecule has 0 heterocycles. The Hall–Kier alpha value is -3.62. The molecule has 184 valence electrons. The van der Waals surface area contributed by atoms with Gasteiger partial charge >= 0.3 is 13.7 Å². The van der Waals surface area contributed by atoms with Crippen LogP contribution in [0, 0.1) is 0 Å². The fraction of sp³-hybridized carbons (Fsp3) is 0.167. The van der Waals surface area contributed by atoms with E-state index in [9.17, 15) is 9.36 Å². The highest BCUT2D eigenvalue weighted by atomic mass is 32.2. The monoisotopic (exact) mass is 514 g/mol. The minimum atomic E-state index is -4.13. The maximum atomic E-state index is 14.4. The van der Waals surface area contributed by atoms with Gasteiger partial charge in [0.2, 0.25) is 0 Å². The van der Waals surface area contributed by atoms with Gasteiger partial charge in [-0.1, -0.05) is 48.5 Å². The van der Waals surface area contributed by atoms with Crippen LogP contribution < -0.4 is 25.8 Å². The molecule has 0 saturated heterocycles. The fourth-order valence-corrected chi connectivity index (χ4v) is 5.11. The first-order valence-electron chi connectivity index (χ1n) is 10.6. The third-order valence-electron chi connectivity index (χ3n) is 4.51. The van der Waals surface area contributed by atoms with Crippen molar-refractivity contribution in [2.75, 3.05) is 18.6 Å². The summed E-state index contributed by atoms with van der Waals surface area (Å²) in [5.74, 6) is -0.0737. The SMILES string of the molecule is CSCCOC(=O)NC(c1ccc(N=C(N)N)cc1)P(=O)(Oc1ccccc1)Oc1ccccc1. The van der Waals surface area contributed by atoms with Crippen LogP contribution in [0.25, 0.3) is 0 Å². The van der Waals surface area contributed by atoms with Crippen LogP contribution in [-0.4, -0.2) is 30.7 Å². The van der Waals surface area contributed by atoms with Gasteiger partial charge in [0.1, 0.15) is 18.1 Å². The number of para-hydroxylation sites is 2. The molecule has 0 fully saturated rings. The largest absolute Gasteiger partial charge is 0.457 e. The number of thioether (sulfide) groups is 1. The molecule has 0 aliphatic carbocycles. The summed E-state index contributed by atoms with van der Waals surface area (Å²) in [5, 5.41) is 2.66. The molecule has 0 aliphatic rings. The summed E-state index contributed by atoms with van der Waals surface area (Å²) in [6, 6.07) is 23.7. The lowest BCUT2D eigenvalue weighted by atomic mass is 10.2. The zero-order valence-electron chi connectivity index (χ0n) is 19.1. The maximum absolute atomic E-state index is 14.4. The molecule has 1 unspecified atom stereocenters. The number of aliphatic imine (C=N–C) groups is 1. The Balaban J connectivity index is 2.02. The molecule has 0 saturated carbocycles. The van der Waals surface area contributed by atoms with E-state index >= 15 is 0 Å². The summed E-state index contributed by atoms with van der Waals surface area (Å²) in [6.45, 7) is 0.187. The first-order valence-corrected chi connectivity index (χ1v) is 13.6. The van der Waals surface area contributed by atoms with Gasteiger partial charge in [-0.2, -0.15) is 11.8 Å². The first kappa shape index (κ1) is 26.0. The highest BCUT2D eigenvalue weighted by molar-refractivity contribution is 7.98. The second kappa shape index (κ2) is 12.7. The number of hydrogen-bond acceptors (Lipinski definition) is 7. The number of benzene rings is 3. The number of carbonyl (C=O) groups excluding carboxylic acids is 1. The van der Waals surface area contributed by atoms with Gasteiger partial charge in [0.25, 0.3) is 0 Å². The second-order valence-electron chi connectivity index (χ2n) is 7.15. The number of rotatable bonds is 11. The Labute approximate surface area is 208 Å².